The molecule has 9 heavy (non-hydrogen) atoms. The van der Waals surface area contributed by atoms with E-state index in [1.165, 1.54) is 0 Å². The molecule has 0 aromatic heterocycles. The van der Waals surface area contributed by atoms with E-state index in [1.54, 1.807) is 0 Å². The van der Waals surface area contributed by atoms with Gasteiger partial charge in [-0.2, -0.15) is 4.79 Å². The van der Waals surface area contributed by atoms with E-state index in [-0.39, 0.29) is 6.47 Å². The van der Waals surface area contributed by atoms with E-state index in [0.717, 1.165) is 0 Å². The second kappa shape index (κ2) is 4.81. The summed E-state index contributed by atoms with van der Waals surface area (Å²) in [5, 5.41) is 10.2. The van der Waals surface area contributed by atoms with Crippen molar-refractivity contribution in [1.29, 1.82) is 0 Å². The zero-order valence-electron chi connectivity index (χ0n) is 3.97. The third-order valence-electron chi connectivity index (χ3n) is 0.261. The number of hydrogen-bond donors (Lipinski definition) is 1. The summed E-state index contributed by atoms with van der Waals surface area (Å²) >= 11 is 0. The average molecular weight is 138 g/mol. The number of rotatable bonds is 3. The van der Waals surface area contributed by atoms with Gasteiger partial charge in [-0.1, -0.05) is 0 Å². The van der Waals surface area contributed by atoms with Crippen LogP contribution in [0.15, 0.2) is 0 Å². The maximum absolute atomic E-state index is 9.79. The zero-order chi connectivity index (χ0) is 7.11. The van der Waals surface area contributed by atoms with Crippen molar-refractivity contribution in [1.82, 2.24) is 0 Å². The molecule has 0 unspecified atom stereocenters. The van der Waals surface area contributed by atoms with E-state index in [9.17, 15) is 9.59 Å². The zero-order valence-corrected chi connectivity index (χ0v) is 3.97. The molecule has 0 spiro atoms. The van der Waals surface area contributed by atoms with E-state index in [2.05, 4.69) is 19.7 Å². The Balaban J connectivity index is 3.16. The monoisotopic (exact) mass is 138 g/mol. The van der Waals surface area contributed by atoms with Crippen molar-refractivity contribution in [2.75, 3.05) is 0 Å². The lowest BCUT2D eigenvalue weighted by atomic mass is 11.4. The first-order valence-corrected chi connectivity index (χ1v) is 1.60. The van der Waals surface area contributed by atoms with Gasteiger partial charge in [-0.05, 0) is 5.04 Å². The van der Waals surface area contributed by atoms with Crippen molar-refractivity contribution in [3.05, 3.63) is 0 Å². The van der Waals surface area contributed by atoms with Crippen molar-refractivity contribution in [2.24, 2.45) is 0 Å². The molecule has 0 aromatic carbocycles. The van der Waals surface area contributed by atoms with Crippen LogP contribution in [0.2, 0.25) is 0 Å². The summed E-state index contributed by atoms with van der Waals surface area (Å²) < 4.78 is 0. The van der Waals surface area contributed by atoms with Crippen LogP contribution in [0.25, 0.3) is 0 Å². The summed E-state index contributed by atoms with van der Waals surface area (Å²) in [4.78, 5) is 29.1. The third-order valence-corrected chi connectivity index (χ3v) is 0.261. The fourth-order valence-corrected chi connectivity index (χ4v) is 0.103. The summed E-state index contributed by atoms with van der Waals surface area (Å²) in [6, 6.07) is 0. The van der Waals surface area contributed by atoms with Crippen LogP contribution in [0.4, 0.5) is 4.79 Å². The van der Waals surface area contributed by atoms with Gasteiger partial charge in [0, 0.05) is 0 Å². The van der Waals surface area contributed by atoms with Gasteiger partial charge in [-0.3, -0.25) is 4.79 Å². The van der Waals surface area contributed by atoms with Gasteiger partial charge in [0.25, 0.3) is 0 Å². The van der Waals surface area contributed by atoms with E-state index in [1.807, 2.05) is 0 Å². The fraction of sp³-hybridized carbons (Fsp3) is 0. The molecule has 0 saturated heterocycles. The summed E-state index contributed by atoms with van der Waals surface area (Å²) in [5.74, 6) is 0. The highest BCUT2D eigenvalue weighted by Crippen LogP contribution is 1.82. The Morgan fingerprint density at radius 1 is 1.44 bits per heavy atom. The van der Waals surface area contributed by atoms with Crippen molar-refractivity contribution >= 4 is 12.6 Å². The highest BCUT2D eigenvalue weighted by atomic mass is 17.5. The van der Waals surface area contributed by atoms with Gasteiger partial charge in [-0.25, -0.2) is 19.9 Å². The third kappa shape index (κ3) is 4.51. The quantitative estimate of drug-likeness (QED) is 0.323. The molecule has 1 N–H and O–H groups in total. The fourth-order valence-electron chi connectivity index (χ4n) is 0.103. The highest BCUT2D eigenvalue weighted by Gasteiger charge is 2.04. The second-order valence-electron chi connectivity index (χ2n) is 0.684. The molecule has 52 valence electrons. The lowest BCUT2D eigenvalue weighted by Crippen LogP contribution is -2.06. The molecule has 0 saturated carbocycles. The maximum atomic E-state index is 9.79. The molecule has 0 bridgehead atoms. The minimum Gasteiger partial charge on any atom is -0.251 e. The standard InChI is InChI=1S/C2H2O7/c3-1-6-7-2(4)8-9-5/h1,5H. The van der Waals surface area contributed by atoms with E-state index in [0.29, 0.717) is 0 Å². The Kier molecular flexibility index (Phi) is 4.09. The summed E-state index contributed by atoms with van der Waals surface area (Å²) in [6.07, 6.45) is -1.50. The van der Waals surface area contributed by atoms with Gasteiger partial charge in [0.15, 0.2) is 0 Å². The predicted molar refractivity (Wildman–Crippen MR) is 18.4 cm³/mol. The minimum absolute atomic E-state index is 0.154. The Morgan fingerprint density at radius 2 is 2.11 bits per heavy atom. The van der Waals surface area contributed by atoms with E-state index in [4.69, 9.17) is 5.26 Å². The molecule has 7 nitrogen and oxygen atoms in total. The molecule has 0 aliphatic heterocycles. The van der Waals surface area contributed by atoms with E-state index < -0.39 is 6.16 Å². The average Bonchev–Trinajstić information content (AvgIpc) is 1.85. The highest BCUT2D eigenvalue weighted by molar-refractivity contribution is 5.58. The van der Waals surface area contributed by atoms with Crippen LogP contribution in [0.5, 0.6) is 0 Å². The van der Waals surface area contributed by atoms with Gasteiger partial charge < -0.3 is 0 Å². The Bertz CT molecular complexity index is 97.1. The summed E-state index contributed by atoms with van der Waals surface area (Å²) in [5.41, 5.74) is 0. The molecular formula is C2H2O7. The molecule has 7 heteroatoms. The topological polar surface area (TPSA) is 91.3 Å². The second-order valence-corrected chi connectivity index (χ2v) is 0.684. The van der Waals surface area contributed by atoms with Gasteiger partial charge in [0.2, 0.25) is 0 Å². The molecule has 0 atom stereocenters. The van der Waals surface area contributed by atoms with Gasteiger partial charge >= 0.3 is 12.6 Å². The lowest BCUT2D eigenvalue weighted by molar-refractivity contribution is -0.469. The Hall–Kier alpha value is -1.34. The molecule has 0 aliphatic carbocycles. The van der Waals surface area contributed by atoms with Crippen molar-refractivity contribution < 1.29 is 34.5 Å². The molecule has 0 heterocycles. The molecular weight excluding hydrogens is 136 g/mol. The normalized spacial score (nSPS) is 7.67. The smallest absolute Gasteiger partial charge is 0.251 e. The summed E-state index contributed by atoms with van der Waals surface area (Å²) in [7, 11) is 0. The largest absolute Gasteiger partial charge is 0.584 e. The minimum atomic E-state index is -1.50. The van der Waals surface area contributed by atoms with Gasteiger partial charge in [-0.15, -0.1) is 0 Å². The maximum Gasteiger partial charge on any atom is 0.584 e. The first-order chi connectivity index (χ1) is 4.31. The van der Waals surface area contributed by atoms with Crippen LogP contribution in [0, 0.1) is 0 Å². The SMILES string of the molecule is O=COOC(=O)OOO. The number of carbonyl (C=O) groups is 2. The number of carbonyl (C=O) groups excluding carboxylic acids is 2. The van der Waals surface area contributed by atoms with Crippen LogP contribution in [0.1, 0.15) is 0 Å². The predicted octanol–water partition coefficient (Wildman–Crippen LogP) is -0.368. The molecule has 0 fully saturated rings. The molecule has 0 aliphatic rings. The van der Waals surface area contributed by atoms with E-state index >= 15 is 0 Å². The van der Waals surface area contributed by atoms with Crippen molar-refractivity contribution in [2.45, 2.75) is 0 Å². The molecule has 0 aromatic rings. The van der Waals surface area contributed by atoms with Crippen molar-refractivity contribution in [3.8, 4) is 0 Å². The van der Waals surface area contributed by atoms with Gasteiger partial charge in [0.1, 0.15) is 0 Å². The molecule has 0 radical (unpaired) electrons. The first-order valence-electron chi connectivity index (χ1n) is 1.60. The van der Waals surface area contributed by atoms with Crippen LogP contribution in [-0.4, -0.2) is 17.9 Å². The number of hydrogen-bond acceptors (Lipinski definition) is 7. The van der Waals surface area contributed by atoms with Crippen molar-refractivity contribution in [3.63, 3.8) is 0 Å². The van der Waals surface area contributed by atoms with Gasteiger partial charge in [0.05, 0.1) is 0 Å². The summed E-state index contributed by atoms with van der Waals surface area (Å²) in [6.45, 7) is -0.154. The van der Waals surface area contributed by atoms with Crippen LogP contribution >= 0.6 is 0 Å². The first kappa shape index (κ1) is 7.66. The lowest BCUT2D eigenvalue weighted by Gasteiger charge is -1.92. The molecule has 0 rings (SSSR count). The van der Waals surface area contributed by atoms with Crippen LogP contribution in [-0.2, 0) is 24.5 Å². The Morgan fingerprint density at radius 3 is 2.56 bits per heavy atom. The van der Waals surface area contributed by atoms with Crippen LogP contribution < -0.4 is 0 Å². The Labute approximate surface area is 48.5 Å². The molecule has 0 amide bonds. The van der Waals surface area contributed by atoms with Crippen LogP contribution in [0.3, 0.4) is 0 Å².